The fraction of sp³-hybridized carbons (Fsp3) is 0.161. The Morgan fingerprint density at radius 3 is 2.18 bits per heavy atom. The molecule has 0 fully saturated rings. The van der Waals surface area contributed by atoms with Crippen LogP contribution in [0.25, 0.3) is 0 Å². The molecule has 0 bridgehead atoms. The van der Waals surface area contributed by atoms with Crippen molar-refractivity contribution in [1.29, 1.82) is 0 Å². The Morgan fingerprint density at radius 1 is 0.718 bits per heavy atom. The molecule has 8 heteroatoms. The van der Waals surface area contributed by atoms with E-state index in [-0.39, 0.29) is 16.4 Å². The van der Waals surface area contributed by atoms with Crippen molar-refractivity contribution in [2.24, 2.45) is 0 Å². The van der Waals surface area contributed by atoms with Crippen LogP contribution < -0.4 is 15.4 Å². The highest BCUT2D eigenvalue weighted by Crippen LogP contribution is 2.25. The van der Waals surface area contributed by atoms with Gasteiger partial charge in [0.1, 0.15) is 0 Å². The van der Waals surface area contributed by atoms with Gasteiger partial charge in [0.2, 0.25) is 0 Å². The van der Waals surface area contributed by atoms with Gasteiger partial charge in [-0.2, -0.15) is 0 Å². The summed E-state index contributed by atoms with van der Waals surface area (Å²) in [5.41, 5.74) is 4.68. The molecule has 0 aliphatic carbocycles. The van der Waals surface area contributed by atoms with Gasteiger partial charge in [0, 0.05) is 12.1 Å². The smallest absolute Gasteiger partial charge is 0.262 e. The predicted octanol–water partition coefficient (Wildman–Crippen LogP) is 5.64. The second-order valence-electron chi connectivity index (χ2n) is 9.32. The quantitative estimate of drug-likeness (QED) is 0.255. The fourth-order valence-corrected chi connectivity index (χ4v) is 5.53. The molecule has 0 aromatic heterocycles. The van der Waals surface area contributed by atoms with Gasteiger partial charge in [0.25, 0.3) is 21.8 Å². The molecule has 2 amide bonds. The van der Waals surface area contributed by atoms with Gasteiger partial charge in [0.05, 0.1) is 21.8 Å². The Kier molecular flexibility index (Phi) is 8.46. The van der Waals surface area contributed by atoms with Gasteiger partial charge in [-0.05, 0) is 79.8 Å². The zero-order valence-corrected chi connectivity index (χ0v) is 22.9. The van der Waals surface area contributed by atoms with Gasteiger partial charge in [0.15, 0.2) is 0 Å². The lowest BCUT2D eigenvalue weighted by Gasteiger charge is -2.15. The monoisotopic (exact) mass is 541 g/mol. The van der Waals surface area contributed by atoms with Crippen molar-refractivity contribution < 1.29 is 18.0 Å². The predicted molar refractivity (Wildman–Crippen MR) is 155 cm³/mol. The molecule has 0 aliphatic rings. The summed E-state index contributed by atoms with van der Waals surface area (Å²) >= 11 is 0. The first-order valence-corrected chi connectivity index (χ1v) is 14.1. The molecule has 0 unspecified atom stereocenters. The van der Waals surface area contributed by atoms with E-state index in [1.165, 1.54) is 6.07 Å². The lowest BCUT2D eigenvalue weighted by atomic mass is 10.1. The molecule has 0 aliphatic heterocycles. The van der Waals surface area contributed by atoms with Crippen molar-refractivity contribution >= 4 is 33.2 Å². The lowest BCUT2D eigenvalue weighted by Crippen LogP contribution is -2.27. The van der Waals surface area contributed by atoms with E-state index in [4.69, 9.17) is 0 Å². The van der Waals surface area contributed by atoms with Gasteiger partial charge in [-0.25, -0.2) is 8.42 Å². The SMILES string of the molecule is Cc1ccc(C(=O)Nc2ccccc2C(=O)NCCc2ccccc2)cc1S(=O)(=O)Nc1cccc(C)c1C. The summed E-state index contributed by atoms with van der Waals surface area (Å²) in [6.07, 6.45) is 0.678. The Balaban J connectivity index is 1.50. The first-order chi connectivity index (χ1) is 18.7. The normalized spacial score (nSPS) is 11.1. The van der Waals surface area contributed by atoms with E-state index in [0.717, 1.165) is 16.7 Å². The number of para-hydroxylation sites is 1. The van der Waals surface area contributed by atoms with Crippen LogP contribution in [-0.2, 0) is 16.4 Å². The second kappa shape index (κ2) is 12.0. The molecule has 39 heavy (non-hydrogen) atoms. The average molecular weight is 542 g/mol. The van der Waals surface area contributed by atoms with Crippen molar-refractivity contribution in [3.05, 3.63) is 124 Å². The van der Waals surface area contributed by atoms with Crippen LogP contribution in [0.15, 0.2) is 95.9 Å². The van der Waals surface area contributed by atoms with E-state index in [1.807, 2.05) is 50.2 Å². The maximum atomic E-state index is 13.3. The molecule has 7 nitrogen and oxygen atoms in total. The molecule has 4 aromatic rings. The molecular weight excluding hydrogens is 510 g/mol. The highest BCUT2D eigenvalue weighted by Gasteiger charge is 2.21. The number of sulfonamides is 1. The van der Waals surface area contributed by atoms with Crippen LogP contribution in [0.3, 0.4) is 0 Å². The lowest BCUT2D eigenvalue weighted by molar-refractivity contribution is 0.0955. The summed E-state index contributed by atoms with van der Waals surface area (Å²) < 4.78 is 29.2. The van der Waals surface area contributed by atoms with E-state index in [0.29, 0.717) is 35.5 Å². The van der Waals surface area contributed by atoms with Crippen molar-refractivity contribution in [3.63, 3.8) is 0 Å². The number of anilines is 2. The minimum Gasteiger partial charge on any atom is -0.352 e. The fourth-order valence-electron chi connectivity index (χ4n) is 4.14. The third kappa shape index (κ3) is 6.72. The molecule has 0 atom stereocenters. The number of rotatable bonds is 9. The molecule has 3 N–H and O–H groups in total. The highest BCUT2D eigenvalue weighted by atomic mass is 32.2. The summed E-state index contributed by atoms with van der Waals surface area (Å²) in [6.45, 7) is 5.87. The van der Waals surface area contributed by atoms with Crippen molar-refractivity contribution in [3.8, 4) is 0 Å². The second-order valence-corrected chi connectivity index (χ2v) is 11.0. The van der Waals surface area contributed by atoms with Crippen LogP contribution in [0.4, 0.5) is 11.4 Å². The molecule has 0 spiro atoms. The van der Waals surface area contributed by atoms with E-state index in [9.17, 15) is 18.0 Å². The standard InChI is InChI=1S/C31H31N3O4S/c1-21-10-9-15-27(23(21)3)34-39(37,38)29-20-25(17-16-22(29)2)30(35)33-28-14-8-7-13-26(28)31(36)32-19-18-24-11-5-4-6-12-24/h4-17,20,34H,18-19H2,1-3H3,(H,32,36)(H,33,35). The van der Waals surface area contributed by atoms with Crippen LogP contribution in [-0.4, -0.2) is 26.8 Å². The number of carbonyl (C=O) groups excluding carboxylic acids is 2. The first-order valence-electron chi connectivity index (χ1n) is 12.6. The summed E-state index contributed by atoms with van der Waals surface area (Å²) in [5.74, 6) is -0.838. The van der Waals surface area contributed by atoms with E-state index in [1.54, 1.807) is 55.5 Å². The maximum absolute atomic E-state index is 13.3. The third-order valence-corrected chi connectivity index (χ3v) is 8.06. The Bertz CT molecular complexity index is 1620. The molecule has 0 heterocycles. The van der Waals surface area contributed by atoms with Crippen molar-refractivity contribution in [1.82, 2.24) is 5.32 Å². The number of aryl methyl sites for hydroxylation is 2. The third-order valence-electron chi connectivity index (χ3n) is 6.55. The zero-order chi connectivity index (χ0) is 28.0. The first kappa shape index (κ1) is 27.6. The number of carbonyl (C=O) groups is 2. The van der Waals surface area contributed by atoms with Crippen LogP contribution in [0.5, 0.6) is 0 Å². The molecule has 0 saturated carbocycles. The van der Waals surface area contributed by atoms with Gasteiger partial charge in [-0.3, -0.25) is 14.3 Å². The summed E-state index contributed by atoms with van der Waals surface area (Å²) in [5, 5.41) is 5.66. The zero-order valence-electron chi connectivity index (χ0n) is 22.1. The van der Waals surface area contributed by atoms with Gasteiger partial charge < -0.3 is 10.6 Å². The minimum absolute atomic E-state index is 0.00277. The highest BCUT2D eigenvalue weighted by molar-refractivity contribution is 7.92. The topological polar surface area (TPSA) is 104 Å². The molecule has 4 rings (SSSR count). The summed E-state index contributed by atoms with van der Waals surface area (Å²) in [4.78, 5) is 26.1. The van der Waals surface area contributed by atoms with Crippen molar-refractivity contribution in [2.75, 3.05) is 16.6 Å². The Morgan fingerprint density at radius 2 is 1.41 bits per heavy atom. The minimum atomic E-state index is -3.96. The number of nitrogens with one attached hydrogen (secondary N) is 3. The summed E-state index contributed by atoms with van der Waals surface area (Å²) in [7, 11) is -3.96. The van der Waals surface area contributed by atoms with Crippen LogP contribution in [0.2, 0.25) is 0 Å². The average Bonchev–Trinajstić information content (AvgIpc) is 2.92. The van der Waals surface area contributed by atoms with Crippen LogP contribution in [0, 0.1) is 20.8 Å². The molecule has 0 saturated heterocycles. The van der Waals surface area contributed by atoms with Crippen LogP contribution >= 0.6 is 0 Å². The van der Waals surface area contributed by atoms with Gasteiger partial charge in [-0.1, -0.05) is 60.7 Å². The summed E-state index contributed by atoms with van der Waals surface area (Å²) in [6, 6.07) is 26.4. The molecule has 4 aromatic carbocycles. The largest absolute Gasteiger partial charge is 0.352 e. The van der Waals surface area contributed by atoms with E-state index >= 15 is 0 Å². The van der Waals surface area contributed by atoms with E-state index < -0.39 is 15.9 Å². The number of hydrogen-bond acceptors (Lipinski definition) is 4. The molecule has 0 radical (unpaired) electrons. The van der Waals surface area contributed by atoms with Crippen LogP contribution in [0.1, 0.15) is 43.0 Å². The maximum Gasteiger partial charge on any atom is 0.262 e. The van der Waals surface area contributed by atoms with Crippen molar-refractivity contribution in [2.45, 2.75) is 32.1 Å². The molecule has 200 valence electrons. The van der Waals surface area contributed by atoms with Gasteiger partial charge >= 0.3 is 0 Å². The number of benzene rings is 4. The number of hydrogen-bond donors (Lipinski definition) is 3. The van der Waals surface area contributed by atoms with Gasteiger partial charge in [-0.15, -0.1) is 0 Å². The Hall–Kier alpha value is -4.43. The number of amides is 2. The Labute approximate surface area is 229 Å². The molecular formula is C31H31N3O4S. The van der Waals surface area contributed by atoms with E-state index in [2.05, 4.69) is 15.4 Å².